The molecule has 0 fully saturated rings. The quantitative estimate of drug-likeness (QED) is 0.765. The molecule has 1 aliphatic heterocycles. The molecule has 2 aromatic carbocycles. The monoisotopic (exact) mass is 377 g/mol. The highest BCUT2D eigenvalue weighted by Crippen LogP contribution is 2.40. The number of halogens is 3. The van der Waals surface area contributed by atoms with Crippen molar-refractivity contribution in [2.24, 2.45) is 4.99 Å². The number of hydrogen-bond donors (Lipinski definition) is 1. The number of ether oxygens (including phenoxy) is 1. The molecule has 4 nitrogen and oxygen atoms in total. The number of rotatable bonds is 6. The second-order valence-corrected chi connectivity index (χ2v) is 6.23. The largest absolute Gasteiger partial charge is 0.496 e. The average Bonchev–Trinajstić information content (AvgIpc) is 3.12. The molecule has 0 atom stereocenters. The molecule has 0 saturated heterocycles. The summed E-state index contributed by atoms with van der Waals surface area (Å²) in [5.74, 6) is 0.181. The van der Waals surface area contributed by atoms with Gasteiger partial charge in [0.1, 0.15) is 5.75 Å². The third-order valence-electron chi connectivity index (χ3n) is 4.45. The molecule has 0 spiro atoms. The van der Waals surface area contributed by atoms with Crippen molar-refractivity contribution in [3.05, 3.63) is 52.6 Å². The van der Waals surface area contributed by atoms with Crippen LogP contribution in [0, 0.1) is 0 Å². The lowest BCUT2D eigenvalue weighted by Gasteiger charge is -2.16. The van der Waals surface area contributed by atoms with Crippen LogP contribution < -0.4 is 4.74 Å². The summed E-state index contributed by atoms with van der Waals surface area (Å²) in [7, 11) is 1.42. The molecule has 0 unspecified atom stereocenters. The fourth-order valence-corrected chi connectivity index (χ4v) is 3.09. The van der Waals surface area contributed by atoms with E-state index in [1.54, 1.807) is 24.4 Å². The van der Waals surface area contributed by atoms with E-state index in [-0.39, 0.29) is 25.4 Å². The molecule has 0 aliphatic carbocycles. The van der Waals surface area contributed by atoms with Gasteiger partial charge in [-0.3, -0.25) is 9.79 Å². The highest BCUT2D eigenvalue weighted by molar-refractivity contribution is 6.00. The normalized spacial score (nSPS) is 12.9. The lowest BCUT2D eigenvalue weighted by molar-refractivity contribution is -0.137. The van der Waals surface area contributed by atoms with Gasteiger partial charge >= 0.3 is 6.18 Å². The smallest absolute Gasteiger partial charge is 0.416 e. The molecular weight excluding hydrogens is 359 g/mol. The highest BCUT2D eigenvalue weighted by atomic mass is 19.4. The number of fused-ring (bicyclic) bond motifs is 1. The van der Waals surface area contributed by atoms with Crippen LogP contribution in [0.3, 0.4) is 0 Å². The van der Waals surface area contributed by atoms with Crippen molar-refractivity contribution in [2.45, 2.75) is 25.6 Å². The number of methoxy groups -OCH3 is 1. The summed E-state index contributed by atoms with van der Waals surface area (Å²) in [6.07, 6.45) is -2.46. The molecule has 1 aliphatic rings. The minimum absolute atomic E-state index is 0.105. The average molecular weight is 377 g/mol. The Morgan fingerprint density at radius 1 is 1.22 bits per heavy atom. The third kappa shape index (κ3) is 3.88. The number of carbonyl (C=O) groups is 1. The van der Waals surface area contributed by atoms with Crippen molar-refractivity contribution >= 4 is 12.0 Å². The molecule has 0 saturated carbocycles. The van der Waals surface area contributed by atoms with Crippen molar-refractivity contribution in [1.29, 1.82) is 0 Å². The van der Waals surface area contributed by atoms with Crippen LogP contribution in [0.25, 0.3) is 11.1 Å². The Hall–Kier alpha value is -2.67. The summed E-state index contributed by atoms with van der Waals surface area (Å²) in [6.45, 7) is 0.0794. The maximum absolute atomic E-state index is 13.3. The van der Waals surface area contributed by atoms with Gasteiger partial charge in [0.25, 0.3) is 0 Å². The Balaban J connectivity index is 2.16. The van der Waals surface area contributed by atoms with Crippen molar-refractivity contribution in [2.75, 3.05) is 13.7 Å². The molecule has 1 N–H and O–H groups in total. The first kappa shape index (κ1) is 19.1. The van der Waals surface area contributed by atoms with Gasteiger partial charge in [-0.25, -0.2) is 0 Å². The summed E-state index contributed by atoms with van der Waals surface area (Å²) in [5.41, 5.74) is 1.42. The first-order valence-electron chi connectivity index (χ1n) is 8.41. The Morgan fingerprint density at radius 3 is 2.67 bits per heavy atom. The molecule has 0 radical (unpaired) electrons. The number of benzene rings is 2. The van der Waals surface area contributed by atoms with E-state index in [4.69, 9.17) is 9.84 Å². The summed E-state index contributed by atoms with van der Waals surface area (Å²) in [6, 6.07) is 6.86. The minimum atomic E-state index is -4.49. The molecule has 7 heteroatoms. The molecule has 3 rings (SSSR count). The standard InChI is InChI=1S/C20H18F3NO3/c1-27-19-5-4-12(18(26)3-2-6-25)8-16(19)15-9-14(20(21,22)23)7-13-10-24-11-17(13)15/h4-5,7-9,11,25H,2-3,6,10H2,1H3. The Kier molecular flexibility index (Phi) is 5.32. The van der Waals surface area contributed by atoms with Crippen molar-refractivity contribution in [1.82, 2.24) is 0 Å². The van der Waals surface area contributed by atoms with E-state index in [1.807, 2.05) is 0 Å². The van der Waals surface area contributed by atoms with E-state index in [0.717, 1.165) is 12.1 Å². The number of hydrogen-bond acceptors (Lipinski definition) is 4. The maximum atomic E-state index is 13.3. The van der Waals surface area contributed by atoms with E-state index < -0.39 is 11.7 Å². The number of ketones is 1. The highest BCUT2D eigenvalue weighted by Gasteiger charge is 2.33. The van der Waals surface area contributed by atoms with Crippen LogP contribution in [-0.4, -0.2) is 30.8 Å². The zero-order chi connectivity index (χ0) is 19.6. The number of aliphatic hydroxyl groups excluding tert-OH is 1. The van der Waals surface area contributed by atoms with Crippen LogP contribution in [0.4, 0.5) is 13.2 Å². The first-order chi connectivity index (χ1) is 12.8. The van der Waals surface area contributed by atoms with Crippen molar-refractivity contribution < 1.29 is 27.8 Å². The first-order valence-corrected chi connectivity index (χ1v) is 8.41. The van der Waals surface area contributed by atoms with Gasteiger partial charge in [0.05, 0.1) is 19.2 Å². The van der Waals surface area contributed by atoms with Gasteiger partial charge in [-0.05, 0) is 47.9 Å². The molecular formula is C20H18F3NO3. The number of aliphatic imine (C=N–C) groups is 1. The predicted octanol–water partition coefficient (Wildman–Crippen LogP) is 4.27. The molecule has 0 amide bonds. The topological polar surface area (TPSA) is 58.9 Å². The number of Topliss-reactive ketones (excluding diaryl/α,β-unsaturated/α-hetero) is 1. The molecule has 27 heavy (non-hydrogen) atoms. The predicted molar refractivity (Wildman–Crippen MR) is 95.4 cm³/mol. The van der Waals surface area contributed by atoms with Crippen LogP contribution in [0.5, 0.6) is 5.75 Å². The number of nitrogens with zero attached hydrogens (tertiary/aromatic N) is 1. The Labute approximate surface area is 154 Å². The van der Waals surface area contributed by atoms with Gasteiger partial charge in [0, 0.05) is 35.9 Å². The molecule has 2 aromatic rings. The van der Waals surface area contributed by atoms with Gasteiger partial charge in [-0.1, -0.05) is 0 Å². The summed E-state index contributed by atoms with van der Waals surface area (Å²) >= 11 is 0. The van der Waals surface area contributed by atoms with Gasteiger partial charge < -0.3 is 9.84 Å². The van der Waals surface area contributed by atoms with E-state index >= 15 is 0 Å². The lowest BCUT2D eigenvalue weighted by Crippen LogP contribution is -2.08. The van der Waals surface area contributed by atoms with E-state index in [2.05, 4.69) is 4.99 Å². The van der Waals surface area contributed by atoms with Crippen molar-refractivity contribution in [3.8, 4) is 16.9 Å². The second-order valence-electron chi connectivity index (χ2n) is 6.23. The van der Waals surface area contributed by atoms with Crippen molar-refractivity contribution in [3.63, 3.8) is 0 Å². The second kappa shape index (κ2) is 7.52. The SMILES string of the molecule is COc1ccc(C(=O)CCCO)cc1-c1cc(C(F)(F)F)cc2c1C=NC2. The zero-order valence-electron chi connectivity index (χ0n) is 14.6. The lowest BCUT2D eigenvalue weighted by atomic mass is 9.91. The molecule has 142 valence electrons. The maximum Gasteiger partial charge on any atom is 0.416 e. The van der Waals surface area contributed by atoms with E-state index in [0.29, 0.717) is 40.0 Å². The molecule has 0 bridgehead atoms. The molecule has 1 heterocycles. The van der Waals surface area contributed by atoms with Crippen LogP contribution in [0.2, 0.25) is 0 Å². The Morgan fingerprint density at radius 2 is 2.00 bits per heavy atom. The summed E-state index contributed by atoms with van der Waals surface area (Å²) < 4.78 is 45.3. The number of aliphatic hydroxyl groups is 1. The summed E-state index contributed by atoms with van der Waals surface area (Å²) in [5, 5.41) is 8.90. The van der Waals surface area contributed by atoms with Crippen LogP contribution >= 0.6 is 0 Å². The minimum Gasteiger partial charge on any atom is -0.496 e. The van der Waals surface area contributed by atoms with Gasteiger partial charge in [-0.15, -0.1) is 0 Å². The van der Waals surface area contributed by atoms with Crippen LogP contribution in [0.1, 0.15) is 39.9 Å². The summed E-state index contributed by atoms with van der Waals surface area (Å²) in [4.78, 5) is 16.4. The Bertz CT molecular complexity index is 904. The third-order valence-corrected chi connectivity index (χ3v) is 4.45. The number of carbonyl (C=O) groups excluding carboxylic acids is 1. The molecule has 0 aromatic heterocycles. The fraction of sp³-hybridized carbons (Fsp3) is 0.300. The van der Waals surface area contributed by atoms with Gasteiger partial charge in [0.15, 0.2) is 5.78 Å². The number of alkyl halides is 3. The van der Waals surface area contributed by atoms with Crippen LogP contribution in [0.15, 0.2) is 35.3 Å². The van der Waals surface area contributed by atoms with Crippen LogP contribution in [-0.2, 0) is 12.7 Å². The van der Waals surface area contributed by atoms with Gasteiger partial charge in [-0.2, -0.15) is 13.2 Å². The van der Waals surface area contributed by atoms with E-state index in [9.17, 15) is 18.0 Å². The van der Waals surface area contributed by atoms with E-state index in [1.165, 1.54) is 7.11 Å². The van der Waals surface area contributed by atoms with Gasteiger partial charge in [0.2, 0.25) is 0 Å². The zero-order valence-corrected chi connectivity index (χ0v) is 14.6. The fourth-order valence-electron chi connectivity index (χ4n) is 3.09.